The van der Waals surface area contributed by atoms with Crippen molar-refractivity contribution in [2.75, 3.05) is 4.35 Å². The van der Waals surface area contributed by atoms with E-state index in [2.05, 4.69) is 28.7 Å². The molecule has 1 aromatic carbocycles. The number of hydrogen-bond donors (Lipinski definition) is 0. The van der Waals surface area contributed by atoms with Gasteiger partial charge in [0.25, 0.3) is 0 Å². The zero-order chi connectivity index (χ0) is 16.0. The fraction of sp³-hybridized carbons (Fsp3) is 0.333. The van der Waals surface area contributed by atoms with Gasteiger partial charge in [-0.05, 0) is 17.4 Å². The maximum absolute atomic E-state index is 11.9. The second-order valence-corrected chi connectivity index (χ2v) is 5.00. The van der Waals surface area contributed by atoms with E-state index in [1.54, 1.807) is 0 Å². The molecule has 1 rings (SSSR count). The van der Waals surface area contributed by atoms with Gasteiger partial charge in [0.2, 0.25) is 0 Å². The standard InChI is InChI=1S/C8H5F6O2P.CH2Cl.Pd/c9-7(10,11)15-4-1-5(3-6(17)2-4)16-8(12,13)14;1-2;/h1-3H,17H2;1H2;. The zero-order valence-electron chi connectivity index (χ0n) is 9.29. The third kappa shape index (κ3) is 10.6. The predicted octanol–water partition coefficient (Wildman–Crippen LogP) is 3.71. The summed E-state index contributed by atoms with van der Waals surface area (Å²) in [5.41, 5.74) is 0. The number of rotatable bonds is 2. The normalized spacial score (nSPS) is 11.5. The molecule has 1 aromatic rings. The molecule has 20 heavy (non-hydrogen) atoms. The van der Waals surface area contributed by atoms with Crippen molar-refractivity contribution in [1.82, 2.24) is 0 Å². The van der Waals surface area contributed by atoms with E-state index in [4.69, 9.17) is 11.6 Å². The van der Waals surface area contributed by atoms with Crippen molar-refractivity contribution in [3.8, 4) is 11.5 Å². The Hall–Kier alpha value is -0.218. The molecule has 0 aliphatic carbocycles. The van der Waals surface area contributed by atoms with Crippen molar-refractivity contribution in [2.45, 2.75) is 12.7 Å². The Labute approximate surface area is 128 Å². The van der Waals surface area contributed by atoms with Crippen LogP contribution in [0.15, 0.2) is 18.2 Å². The Kier molecular flexibility index (Phi) is 8.19. The molecule has 119 valence electrons. The summed E-state index contributed by atoms with van der Waals surface area (Å²) in [5, 5.41) is 0.0611. The topological polar surface area (TPSA) is 18.5 Å². The molecular weight excluding hydrogens is 427 g/mol. The van der Waals surface area contributed by atoms with E-state index in [1.807, 2.05) is 9.24 Å². The second-order valence-electron chi connectivity index (χ2n) is 2.92. The van der Waals surface area contributed by atoms with E-state index in [1.165, 1.54) is 0 Å². The van der Waals surface area contributed by atoms with Crippen molar-refractivity contribution in [3.63, 3.8) is 0 Å². The number of hydrogen-bond acceptors (Lipinski definition) is 2. The van der Waals surface area contributed by atoms with Gasteiger partial charge in [0, 0.05) is 6.07 Å². The molecule has 0 fully saturated rings. The fourth-order valence-electron chi connectivity index (χ4n) is 0.979. The SMILES string of the molecule is Cl[CH2][Pd].FC(F)(F)Oc1cc(P)cc(OC(F)(F)F)c1. The van der Waals surface area contributed by atoms with Crippen LogP contribution in [-0.4, -0.2) is 17.1 Å². The Morgan fingerprint density at radius 2 is 1.25 bits per heavy atom. The van der Waals surface area contributed by atoms with Crippen LogP contribution >= 0.6 is 20.8 Å². The third-order valence-electron chi connectivity index (χ3n) is 1.37. The van der Waals surface area contributed by atoms with Crippen molar-refractivity contribution in [1.29, 1.82) is 0 Å². The van der Waals surface area contributed by atoms with Gasteiger partial charge in [0.15, 0.2) is 0 Å². The van der Waals surface area contributed by atoms with Crippen molar-refractivity contribution in [2.24, 2.45) is 0 Å². The average Bonchev–Trinajstić information content (AvgIpc) is 2.10. The molecule has 0 spiro atoms. The Morgan fingerprint density at radius 1 is 0.950 bits per heavy atom. The summed E-state index contributed by atoms with van der Waals surface area (Å²) in [6, 6.07) is 2.30. The van der Waals surface area contributed by atoms with E-state index >= 15 is 0 Å². The monoisotopic (exact) mass is 433 g/mol. The third-order valence-corrected chi connectivity index (χ3v) is 1.70. The maximum atomic E-state index is 11.9. The summed E-state index contributed by atoms with van der Waals surface area (Å²) in [6.07, 6.45) is -9.96. The smallest absolute Gasteiger partial charge is 0.406 e. The van der Waals surface area contributed by atoms with Gasteiger partial charge in [-0.3, -0.25) is 0 Å². The van der Waals surface area contributed by atoms with Gasteiger partial charge in [-0.25, -0.2) is 0 Å². The van der Waals surface area contributed by atoms with Crippen LogP contribution < -0.4 is 14.8 Å². The minimum absolute atomic E-state index is 0.0611. The van der Waals surface area contributed by atoms with E-state index in [0.717, 1.165) is 12.1 Å². The molecule has 1 unspecified atom stereocenters. The minimum atomic E-state index is -4.98. The van der Waals surface area contributed by atoms with Crippen LogP contribution in [0.25, 0.3) is 0 Å². The first kappa shape index (κ1) is 19.8. The predicted molar refractivity (Wildman–Crippen MR) is 59.9 cm³/mol. The van der Waals surface area contributed by atoms with Crippen LogP contribution in [0.2, 0.25) is 0 Å². The fourth-order valence-corrected chi connectivity index (χ4v) is 1.31. The molecule has 2 nitrogen and oxygen atoms in total. The summed E-state index contributed by atoms with van der Waals surface area (Å²) in [7, 11) is 1.94. The van der Waals surface area contributed by atoms with E-state index in [9.17, 15) is 26.3 Å². The molecule has 0 heterocycles. The number of alkyl halides is 7. The van der Waals surface area contributed by atoms with Gasteiger partial charge < -0.3 is 9.47 Å². The Bertz CT molecular complexity index is 392. The number of benzene rings is 1. The first-order valence-corrected chi connectivity index (χ1v) is 6.67. The molecule has 0 saturated carbocycles. The van der Waals surface area contributed by atoms with Crippen LogP contribution in [0.4, 0.5) is 26.3 Å². The summed E-state index contributed by atoms with van der Waals surface area (Å²) in [6.45, 7) is 0. The summed E-state index contributed by atoms with van der Waals surface area (Å²) < 4.78 is 78.6. The first-order valence-electron chi connectivity index (χ1n) is 4.46. The Balaban J connectivity index is 0.00000110. The van der Waals surface area contributed by atoms with Crippen LogP contribution in [0.1, 0.15) is 0 Å². The molecule has 0 radical (unpaired) electrons. The van der Waals surface area contributed by atoms with Gasteiger partial charge in [0.1, 0.15) is 11.5 Å². The van der Waals surface area contributed by atoms with Crippen molar-refractivity contribution < 1.29 is 55.0 Å². The average molecular weight is 434 g/mol. The molecule has 0 saturated heterocycles. The molecule has 0 amide bonds. The maximum Gasteiger partial charge on any atom is 0.573 e. The van der Waals surface area contributed by atoms with Gasteiger partial charge in [-0.1, -0.05) is 0 Å². The zero-order valence-corrected chi connectivity index (χ0v) is 12.8. The molecular formula is C9H7ClF6O2PPd. The van der Waals surface area contributed by atoms with Crippen LogP contribution in [0, 0.1) is 0 Å². The molecule has 0 aromatic heterocycles. The van der Waals surface area contributed by atoms with E-state index in [0.29, 0.717) is 10.4 Å². The van der Waals surface area contributed by atoms with Crippen molar-refractivity contribution >= 4 is 26.1 Å². The number of ether oxygens (including phenoxy) is 2. The summed E-state index contributed by atoms with van der Waals surface area (Å²) in [4.78, 5) is 0. The van der Waals surface area contributed by atoms with Crippen LogP contribution in [0.5, 0.6) is 11.5 Å². The molecule has 11 heteroatoms. The molecule has 0 aliphatic rings. The van der Waals surface area contributed by atoms with Gasteiger partial charge >= 0.3 is 47.9 Å². The largest absolute Gasteiger partial charge is 0.573 e. The summed E-state index contributed by atoms with van der Waals surface area (Å²) in [5.74, 6) is -1.58. The van der Waals surface area contributed by atoms with Crippen LogP contribution in [-0.2, 0) is 19.2 Å². The minimum Gasteiger partial charge on any atom is -0.406 e. The quantitative estimate of drug-likeness (QED) is 0.306. The van der Waals surface area contributed by atoms with E-state index in [-0.39, 0.29) is 5.30 Å². The first-order chi connectivity index (χ1) is 8.96. The molecule has 0 N–H and O–H groups in total. The Morgan fingerprint density at radius 3 is 1.50 bits per heavy atom. The van der Waals surface area contributed by atoms with Gasteiger partial charge in [0.05, 0.1) is 0 Å². The molecule has 0 bridgehead atoms. The number of halogens is 7. The van der Waals surface area contributed by atoms with E-state index < -0.39 is 24.2 Å². The van der Waals surface area contributed by atoms with Crippen LogP contribution in [0.3, 0.4) is 0 Å². The van der Waals surface area contributed by atoms with Crippen molar-refractivity contribution in [3.05, 3.63) is 18.2 Å². The van der Waals surface area contributed by atoms with Gasteiger partial charge in [-0.2, -0.15) is 0 Å². The molecule has 0 aliphatic heterocycles. The molecule has 1 atom stereocenters. The van der Waals surface area contributed by atoms with Gasteiger partial charge in [-0.15, -0.1) is 35.6 Å². The summed E-state index contributed by atoms with van der Waals surface area (Å²) >= 11 is 7.64. The second kappa shape index (κ2) is 8.28.